The highest BCUT2D eigenvalue weighted by Crippen LogP contribution is 2.36. The Morgan fingerprint density at radius 3 is 2.08 bits per heavy atom. The average molecular weight is 394 g/mol. The van der Waals surface area contributed by atoms with Crippen molar-refractivity contribution in [3.05, 3.63) is 12.1 Å². The highest BCUT2D eigenvalue weighted by Gasteiger charge is 2.17. The molecule has 2 rings (SSSR count). The molecule has 0 amide bonds. The molecule has 0 aliphatic heterocycles. The van der Waals surface area contributed by atoms with E-state index < -0.39 is 0 Å². The monoisotopic (exact) mass is 394 g/mol. The first-order valence-electron chi connectivity index (χ1n) is 6.70. The van der Waals surface area contributed by atoms with Crippen LogP contribution in [-0.4, -0.2) is 34.5 Å². The molecule has 0 aliphatic rings. The Bertz CT molecular complexity index is 901. The van der Waals surface area contributed by atoms with Gasteiger partial charge in [0.2, 0.25) is 10.3 Å². The van der Waals surface area contributed by atoms with Crippen LogP contribution in [0.4, 0.5) is 0 Å². The number of nitrogens with two attached hydrogens (primary N) is 2. The lowest BCUT2D eigenvalue weighted by molar-refractivity contribution is 0.355. The molecule has 0 radical (unpaired) electrons. The van der Waals surface area contributed by atoms with Gasteiger partial charge in [0.05, 0.1) is 19.7 Å². The second-order valence-electron chi connectivity index (χ2n) is 4.29. The SMILES string of the molecule is COc1cc2nc(SC(N=N)=NN)nc(SC(N=N)=NN)c2cc1OC. The van der Waals surface area contributed by atoms with Crippen molar-refractivity contribution in [2.75, 3.05) is 14.2 Å². The molecular weight excluding hydrogens is 380 g/mol. The summed E-state index contributed by atoms with van der Waals surface area (Å²) < 4.78 is 10.6. The van der Waals surface area contributed by atoms with Crippen molar-refractivity contribution in [3.8, 4) is 11.5 Å². The quantitative estimate of drug-likeness (QED) is 0.0886. The number of hydrogen-bond donors (Lipinski definition) is 4. The molecule has 0 aliphatic carbocycles. The molecule has 0 fully saturated rings. The zero-order valence-corrected chi connectivity index (χ0v) is 15.3. The number of nitrogens with zero attached hydrogens (tertiary/aromatic N) is 6. The Hall–Kier alpha value is -3.00. The fourth-order valence-electron chi connectivity index (χ4n) is 1.85. The number of ether oxygens (including phenoxy) is 2. The van der Waals surface area contributed by atoms with Gasteiger partial charge in [-0.2, -0.15) is 10.2 Å². The number of aromatic nitrogens is 2. The summed E-state index contributed by atoms with van der Waals surface area (Å²) in [6, 6.07) is 3.36. The van der Waals surface area contributed by atoms with E-state index in [1.165, 1.54) is 14.2 Å². The Balaban J connectivity index is 2.69. The van der Waals surface area contributed by atoms with E-state index >= 15 is 0 Å². The van der Waals surface area contributed by atoms with Crippen molar-refractivity contribution in [3.63, 3.8) is 0 Å². The number of methoxy groups -OCH3 is 2. The first kappa shape index (κ1) is 19.3. The van der Waals surface area contributed by atoms with Gasteiger partial charge in [-0.05, 0) is 29.6 Å². The zero-order chi connectivity index (χ0) is 19.1. The fourth-order valence-corrected chi connectivity index (χ4v) is 3.13. The normalized spacial score (nSPS) is 12.1. The topological polar surface area (TPSA) is 193 Å². The molecule has 0 spiro atoms. The first-order valence-corrected chi connectivity index (χ1v) is 8.33. The summed E-state index contributed by atoms with van der Waals surface area (Å²) in [5.74, 6) is 11.3. The third-order valence-electron chi connectivity index (χ3n) is 2.93. The van der Waals surface area contributed by atoms with Crippen LogP contribution in [0.2, 0.25) is 0 Å². The summed E-state index contributed by atoms with van der Waals surface area (Å²) in [5.41, 5.74) is 14.7. The highest BCUT2D eigenvalue weighted by molar-refractivity contribution is 8.14. The predicted molar refractivity (Wildman–Crippen MR) is 97.9 cm³/mol. The Labute approximate surface area is 155 Å². The number of hydrazone groups is 2. The largest absolute Gasteiger partial charge is 0.493 e. The molecule has 1 aromatic carbocycles. The van der Waals surface area contributed by atoms with Gasteiger partial charge in [0.25, 0.3) is 0 Å². The Morgan fingerprint density at radius 1 is 0.962 bits per heavy atom. The minimum absolute atomic E-state index is 0.00590. The molecule has 12 nitrogen and oxygen atoms in total. The number of amidine groups is 2. The lowest BCUT2D eigenvalue weighted by atomic mass is 10.2. The average Bonchev–Trinajstić information content (AvgIpc) is 2.68. The molecule has 26 heavy (non-hydrogen) atoms. The van der Waals surface area contributed by atoms with E-state index in [4.69, 9.17) is 32.2 Å². The van der Waals surface area contributed by atoms with E-state index in [9.17, 15) is 0 Å². The third kappa shape index (κ3) is 4.15. The number of fused-ring (bicyclic) bond motifs is 1. The van der Waals surface area contributed by atoms with Crippen molar-refractivity contribution in [1.29, 1.82) is 11.1 Å². The molecule has 0 bridgehead atoms. The van der Waals surface area contributed by atoms with Gasteiger partial charge in [0.15, 0.2) is 16.7 Å². The van der Waals surface area contributed by atoms with E-state index in [0.717, 1.165) is 23.5 Å². The van der Waals surface area contributed by atoms with Crippen molar-refractivity contribution in [2.24, 2.45) is 32.1 Å². The summed E-state index contributed by atoms with van der Waals surface area (Å²) in [4.78, 5) is 8.75. The van der Waals surface area contributed by atoms with Crippen LogP contribution in [0.15, 0.2) is 42.7 Å². The fraction of sp³-hybridized carbons (Fsp3) is 0.167. The number of hydrogen-bond acceptors (Lipinski definition) is 12. The second-order valence-corrected chi connectivity index (χ2v) is 6.18. The molecule has 2 aromatic rings. The molecule has 1 aromatic heterocycles. The van der Waals surface area contributed by atoms with Crippen LogP contribution < -0.4 is 21.2 Å². The summed E-state index contributed by atoms with van der Waals surface area (Å²) in [6.07, 6.45) is 0. The molecule has 6 N–H and O–H groups in total. The smallest absolute Gasteiger partial charge is 0.233 e. The molecule has 0 saturated carbocycles. The van der Waals surface area contributed by atoms with Crippen molar-refractivity contribution in [1.82, 2.24) is 9.97 Å². The molecule has 136 valence electrons. The minimum Gasteiger partial charge on any atom is -0.493 e. The maximum Gasteiger partial charge on any atom is 0.233 e. The third-order valence-corrected chi connectivity index (χ3v) is 4.56. The van der Waals surface area contributed by atoms with Crippen LogP contribution in [0.25, 0.3) is 10.9 Å². The van der Waals surface area contributed by atoms with Crippen LogP contribution in [0.1, 0.15) is 0 Å². The van der Waals surface area contributed by atoms with Gasteiger partial charge in [0.1, 0.15) is 5.03 Å². The second kappa shape index (κ2) is 8.91. The van der Waals surface area contributed by atoms with Gasteiger partial charge in [-0.25, -0.2) is 21.0 Å². The summed E-state index contributed by atoms with van der Waals surface area (Å²) in [5, 5.41) is 14.4. The van der Waals surface area contributed by atoms with E-state index in [2.05, 4.69) is 30.4 Å². The summed E-state index contributed by atoms with van der Waals surface area (Å²) in [7, 11) is 3.01. The van der Waals surface area contributed by atoms with Gasteiger partial charge in [-0.1, -0.05) is 0 Å². The molecule has 14 heteroatoms. The van der Waals surface area contributed by atoms with Crippen LogP contribution >= 0.6 is 23.5 Å². The van der Waals surface area contributed by atoms with Crippen molar-refractivity contribution >= 4 is 44.8 Å². The zero-order valence-electron chi connectivity index (χ0n) is 13.6. The Morgan fingerprint density at radius 2 is 1.54 bits per heavy atom. The van der Waals surface area contributed by atoms with Gasteiger partial charge in [0, 0.05) is 11.5 Å². The predicted octanol–water partition coefficient (Wildman–Crippen LogP) is 2.35. The molecule has 0 atom stereocenters. The minimum atomic E-state index is -0.0290. The van der Waals surface area contributed by atoms with E-state index in [-0.39, 0.29) is 15.5 Å². The van der Waals surface area contributed by atoms with E-state index in [0.29, 0.717) is 27.4 Å². The number of benzene rings is 1. The summed E-state index contributed by atoms with van der Waals surface area (Å²) >= 11 is 1.87. The van der Waals surface area contributed by atoms with Crippen LogP contribution in [0.3, 0.4) is 0 Å². The molecular formula is C12H14N10O2S2. The van der Waals surface area contributed by atoms with Gasteiger partial charge in [-0.15, -0.1) is 10.2 Å². The van der Waals surface area contributed by atoms with Crippen molar-refractivity contribution < 1.29 is 9.47 Å². The highest BCUT2D eigenvalue weighted by atomic mass is 32.2. The van der Waals surface area contributed by atoms with E-state index in [1.54, 1.807) is 12.1 Å². The van der Waals surface area contributed by atoms with Gasteiger partial charge >= 0.3 is 0 Å². The lowest BCUT2D eigenvalue weighted by Crippen LogP contribution is -2.00. The maximum atomic E-state index is 7.11. The molecule has 0 unspecified atom stereocenters. The van der Waals surface area contributed by atoms with Gasteiger partial charge in [-0.3, -0.25) is 0 Å². The van der Waals surface area contributed by atoms with Crippen LogP contribution in [-0.2, 0) is 0 Å². The number of nitrogens with one attached hydrogen (secondary N) is 2. The van der Waals surface area contributed by atoms with Crippen LogP contribution in [0.5, 0.6) is 11.5 Å². The summed E-state index contributed by atoms with van der Waals surface area (Å²) in [6.45, 7) is 0. The lowest BCUT2D eigenvalue weighted by Gasteiger charge is -2.11. The molecule has 0 saturated heterocycles. The standard InChI is InChI=1S/C12H14N10O2S2/c1-23-7-3-5-6(4-8(7)24-2)17-10(26-12(21-15)22-16)18-9(5)25-11(19-13)20-14/h3-4,13,15H,14,16H2,1-2H3. The Kier molecular flexibility index (Phi) is 6.62. The number of rotatable bonds is 4. The van der Waals surface area contributed by atoms with E-state index in [1.807, 2.05) is 0 Å². The maximum absolute atomic E-state index is 7.11. The van der Waals surface area contributed by atoms with Gasteiger partial charge < -0.3 is 21.2 Å². The molecule has 1 heterocycles. The first-order chi connectivity index (χ1) is 12.6. The number of thioether (sulfide) groups is 2. The van der Waals surface area contributed by atoms with Crippen molar-refractivity contribution in [2.45, 2.75) is 10.2 Å². The van der Waals surface area contributed by atoms with Crippen LogP contribution in [0, 0.1) is 11.1 Å².